The van der Waals surface area contributed by atoms with Gasteiger partial charge in [-0.1, -0.05) is 0 Å². The Morgan fingerprint density at radius 3 is 2.74 bits per heavy atom. The first-order valence-electron chi connectivity index (χ1n) is 8.96. The van der Waals surface area contributed by atoms with Crippen molar-refractivity contribution in [2.45, 2.75) is 39.3 Å². The summed E-state index contributed by atoms with van der Waals surface area (Å²) in [5.74, 6) is 0.0526. The molecular formula is C18H26F2IN3O2S. The predicted molar refractivity (Wildman–Crippen MR) is 113 cm³/mol. The monoisotopic (exact) mass is 513 g/mol. The molecule has 2 aliphatic heterocycles. The maximum Gasteiger partial charge on any atom is 0.194 e. The van der Waals surface area contributed by atoms with Crippen LogP contribution < -0.4 is 5.32 Å². The molecular weight excluding hydrogens is 487 g/mol. The minimum atomic E-state index is -2.93. The third-order valence-electron chi connectivity index (χ3n) is 4.79. The lowest BCUT2D eigenvalue weighted by Gasteiger charge is -2.33. The summed E-state index contributed by atoms with van der Waals surface area (Å²) in [6, 6.07) is 2.45. The van der Waals surface area contributed by atoms with E-state index in [1.807, 2.05) is 18.7 Å². The van der Waals surface area contributed by atoms with E-state index in [4.69, 9.17) is 0 Å². The summed E-state index contributed by atoms with van der Waals surface area (Å²) in [7, 11) is -2.93. The van der Waals surface area contributed by atoms with E-state index in [1.165, 1.54) is 6.07 Å². The normalized spacial score (nSPS) is 21.7. The van der Waals surface area contributed by atoms with Gasteiger partial charge < -0.3 is 10.2 Å². The molecule has 0 bridgehead atoms. The molecule has 27 heavy (non-hydrogen) atoms. The van der Waals surface area contributed by atoms with Crippen LogP contribution in [0.15, 0.2) is 17.1 Å². The summed E-state index contributed by atoms with van der Waals surface area (Å²) in [6.45, 7) is 5.39. The third kappa shape index (κ3) is 5.75. The number of rotatable bonds is 3. The number of benzene rings is 1. The van der Waals surface area contributed by atoms with Crippen LogP contribution in [0, 0.1) is 17.6 Å². The Kier molecular flexibility index (Phi) is 7.46. The smallest absolute Gasteiger partial charge is 0.194 e. The third-order valence-corrected chi connectivity index (χ3v) is 6.63. The lowest BCUT2D eigenvalue weighted by Crippen LogP contribution is -2.46. The van der Waals surface area contributed by atoms with E-state index in [0.29, 0.717) is 49.6 Å². The van der Waals surface area contributed by atoms with E-state index < -0.39 is 21.5 Å². The number of sulfone groups is 1. The van der Waals surface area contributed by atoms with Crippen molar-refractivity contribution in [3.05, 3.63) is 34.9 Å². The van der Waals surface area contributed by atoms with Gasteiger partial charge in [-0.15, -0.1) is 24.0 Å². The summed E-state index contributed by atoms with van der Waals surface area (Å²) in [4.78, 5) is 6.61. The number of fused-ring (bicyclic) bond motifs is 1. The predicted octanol–water partition coefficient (Wildman–Crippen LogP) is 2.73. The van der Waals surface area contributed by atoms with Crippen LogP contribution in [0.25, 0.3) is 0 Å². The maximum atomic E-state index is 13.9. The van der Waals surface area contributed by atoms with Crippen LogP contribution >= 0.6 is 24.0 Å². The molecule has 152 valence electrons. The van der Waals surface area contributed by atoms with Gasteiger partial charge in [0.1, 0.15) is 11.6 Å². The Morgan fingerprint density at radius 1 is 1.37 bits per heavy atom. The molecule has 1 fully saturated rings. The van der Waals surface area contributed by atoms with Gasteiger partial charge in [0.15, 0.2) is 15.8 Å². The second kappa shape index (κ2) is 9.02. The zero-order valence-corrected chi connectivity index (χ0v) is 18.7. The van der Waals surface area contributed by atoms with E-state index >= 15 is 0 Å². The van der Waals surface area contributed by atoms with Crippen molar-refractivity contribution < 1.29 is 17.2 Å². The van der Waals surface area contributed by atoms with Crippen molar-refractivity contribution in [1.82, 2.24) is 10.2 Å². The molecule has 3 rings (SSSR count). The summed E-state index contributed by atoms with van der Waals surface area (Å²) in [5, 5.41) is 3.29. The molecule has 1 aromatic rings. The number of guanidine groups is 1. The molecule has 9 heteroatoms. The minimum absolute atomic E-state index is 0. The largest absolute Gasteiger partial charge is 0.354 e. The van der Waals surface area contributed by atoms with Crippen molar-refractivity contribution in [2.75, 3.05) is 24.6 Å². The fourth-order valence-corrected chi connectivity index (χ4v) is 5.37. The van der Waals surface area contributed by atoms with Crippen molar-refractivity contribution in [1.29, 1.82) is 0 Å². The van der Waals surface area contributed by atoms with Crippen molar-refractivity contribution in [2.24, 2.45) is 10.9 Å². The number of hydrogen-bond donors (Lipinski definition) is 1. The molecule has 0 aliphatic carbocycles. The molecule has 1 N–H and O–H groups in total. The van der Waals surface area contributed by atoms with E-state index in [0.717, 1.165) is 6.07 Å². The van der Waals surface area contributed by atoms with Crippen LogP contribution in [0.4, 0.5) is 8.78 Å². The highest BCUT2D eigenvalue weighted by atomic mass is 127. The molecule has 0 radical (unpaired) electrons. The van der Waals surface area contributed by atoms with Gasteiger partial charge in [0.05, 0.1) is 11.5 Å². The van der Waals surface area contributed by atoms with Crippen LogP contribution in [0.5, 0.6) is 0 Å². The highest BCUT2D eigenvalue weighted by Gasteiger charge is 2.28. The highest BCUT2D eigenvalue weighted by Crippen LogP contribution is 2.24. The topological polar surface area (TPSA) is 61.8 Å². The molecule has 1 atom stereocenters. The molecule has 0 aromatic heterocycles. The van der Waals surface area contributed by atoms with Gasteiger partial charge in [-0.2, -0.15) is 0 Å². The highest BCUT2D eigenvalue weighted by molar-refractivity contribution is 14.0. The summed E-state index contributed by atoms with van der Waals surface area (Å²) >= 11 is 0. The number of nitrogens with zero attached hydrogens (tertiary/aromatic N) is 2. The van der Waals surface area contributed by atoms with Gasteiger partial charge in [-0.05, 0) is 49.8 Å². The Bertz CT molecular complexity index is 815. The number of aliphatic imine (C=N–C) groups is 1. The first-order chi connectivity index (χ1) is 12.2. The lowest BCUT2D eigenvalue weighted by atomic mass is 9.99. The fraction of sp³-hybridized carbons (Fsp3) is 0.611. The van der Waals surface area contributed by atoms with Gasteiger partial charge in [-0.25, -0.2) is 17.2 Å². The first-order valence-corrected chi connectivity index (χ1v) is 10.8. The standard InChI is InChI=1S/C18H25F2N3O2S.HI/c1-12(2)22-18(21-9-13-4-6-26(24,25)11-13)23-5-3-16-14(10-23)7-15(19)8-17(16)20;/h7-8,12-13H,3-6,9-11H2,1-2H3,(H,21,22);1H. The van der Waals surface area contributed by atoms with Crippen LogP contribution in [0.3, 0.4) is 0 Å². The Balaban J connectivity index is 0.00000261. The SMILES string of the molecule is CC(C)NC(=NCC1CCS(=O)(=O)C1)N1CCc2c(F)cc(F)cc2C1.I. The molecule has 1 aromatic carbocycles. The van der Waals surface area contributed by atoms with Crippen LogP contribution in [0.1, 0.15) is 31.4 Å². The molecule has 0 saturated carbocycles. The van der Waals surface area contributed by atoms with Gasteiger partial charge in [0.2, 0.25) is 0 Å². The summed E-state index contributed by atoms with van der Waals surface area (Å²) in [5.41, 5.74) is 1.20. The first kappa shape index (κ1) is 22.3. The zero-order valence-electron chi connectivity index (χ0n) is 15.5. The number of hydrogen-bond acceptors (Lipinski definition) is 3. The molecule has 2 aliphatic rings. The second-order valence-electron chi connectivity index (χ2n) is 7.43. The van der Waals surface area contributed by atoms with E-state index in [9.17, 15) is 17.2 Å². The van der Waals surface area contributed by atoms with E-state index in [-0.39, 0.29) is 47.4 Å². The summed E-state index contributed by atoms with van der Waals surface area (Å²) in [6.07, 6.45) is 1.12. The maximum absolute atomic E-state index is 13.9. The second-order valence-corrected chi connectivity index (χ2v) is 9.66. The van der Waals surface area contributed by atoms with Gasteiger partial charge in [0.25, 0.3) is 0 Å². The average Bonchev–Trinajstić information content (AvgIpc) is 2.89. The van der Waals surface area contributed by atoms with Crippen LogP contribution in [0.2, 0.25) is 0 Å². The van der Waals surface area contributed by atoms with Crippen molar-refractivity contribution >= 4 is 39.8 Å². The minimum Gasteiger partial charge on any atom is -0.354 e. The molecule has 0 amide bonds. The van der Waals surface area contributed by atoms with Crippen LogP contribution in [-0.4, -0.2) is 49.9 Å². The van der Waals surface area contributed by atoms with Gasteiger partial charge >= 0.3 is 0 Å². The molecule has 5 nitrogen and oxygen atoms in total. The summed E-state index contributed by atoms with van der Waals surface area (Å²) < 4.78 is 50.7. The Hall–Kier alpha value is -0.970. The van der Waals surface area contributed by atoms with E-state index in [1.54, 1.807) is 0 Å². The van der Waals surface area contributed by atoms with Crippen molar-refractivity contribution in [3.63, 3.8) is 0 Å². The quantitative estimate of drug-likeness (QED) is 0.384. The fourth-order valence-electron chi connectivity index (χ4n) is 3.52. The Labute approximate surface area is 176 Å². The van der Waals surface area contributed by atoms with E-state index in [2.05, 4.69) is 10.3 Å². The molecule has 1 saturated heterocycles. The van der Waals surface area contributed by atoms with Crippen molar-refractivity contribution in [3.8, 4) is 0 Å². The molecule has 0 spiro atoms. The Morgan fingerprint density at radius 2 is 2.11 bits per heavy atom. The molecule has 2 heterocycles. The zero-order chi connectivity index (χ0) is 18.9. The number of halogens is 3. The lowest BCUT2D eigenvalue weighted by molar-refractivity contribution is 0.364. The molecule has 1 unspecified atom stereocenters. The van der Waals surface area contributed by atoms with Crippen LogP contribution in [-0.2, 0) is 22.8 Å². The van der Waals surface area contributed by atoms with Gasteiger partial charge in [0, 0.05) is 31.7 Å². The average molecular weight is 513 g/mol. The number of nitrogens with one attached hydrogen (secondary N) is 1. The van der Waals surface area contributed by atoms with Gasteiger partial charge in [-0.3, -0.25) is 4.99 Å².